The van der Waals surface area contributed by atoms with Crippen LogP contribution in [0.25, 0.3) is 33.7 Å². The topological polar surface area (TPSA) is 85.6 Å². The maximum Gasteiger partial charge on any atom is 0.257 e. The summed E-state index contributed by atoms with van der Waals surface area (Å²) < 4.78 is 1.70. The number of carbonyl (C=O) groups excluding carboxylic acids is 1. The van der Waals surface area contributed by atoms with Crippen molar-refractivity contribution in [1.29, 1.82) is 0 Å². The highest BCUT2D eigenvalue weighted by molar-refractivity contribution is 6.13. The molecule has 162 valence electrons. The molecule has 0 spiro atoms. The number of hydrogen-bond acceptors (Lipinski definition) is 5. The van der Waals surface area contributed by atoms with E-state index in [1.165, 1.54) is 0 Å². The number of pyridine rings is 1. The van der Waals surface area contributed by atoms with E-state index in [0.29, 0.717) is 28.5 Å². The van der Waals surface area contributed by atoms with Gasteiger partial charge in [-0.15, -0.1) is 0 Å². The summed E-state index contributed by atoms with van der Waals surface area (Å²) in [6, 6.07) is 23.1. The largest absolute Gasteiger partial charge is 0.306 e. The molecule has 7 nitrogen and oxygen atoms in total. The van der Waals surface area contributed by atoms with Gasteiger partial charge >= 0.3 is 0 Å². The molecule has 1 N–H and O–H groups in total. The first-order valence-corrected chi connectivity index (χ1v) is 10.6. The van der Waals surface area contributed by atoms with E-state index in [9.17, 15) is 4.79 Å². The summed E-state index contributed by atoms with van der Waals surface area (Å²) >= 11 is 0. The number of fused-ring (bicyclic) bond motifs is 1. The number of amides is 1. The molecule has 0 aliphatic carbocycles. The highest BCUT2D eigenvalue weighted by Gasteiger charge is 2.20. The fourth-order valence-electron chi connectivity index (χ4n) is 3.91. The Morgan fingerprint density at radius 1 is 0.848 bits per heavy atom. The molecule has 5 rings (SSSR count). The molecule has 0 saturated heterocycles. The quantitative estimate of drug-likeness (QED) is 0.432. The van der Waals surface area contributed by atoms with Crippen LogP contribution in [-0.4, -0.2) is 30.6 Å². The monoisotopic (exact) mass is 434 g/mol. The molecule has 0 aliphatic heterocycles. The Morgan fingerprint density at radius 3 is 2.21 bits per heavy atom. The average molecular weight is 435 g/mol. The summed E-state index contributed by atoms with van der Waals surface area (Å²) in [6.07, 6.45) is 0. The number of anilines is 1. The van der Waals surface area contributed by atoms with Crippen LogP contribution < -0.4 is 5.32 Å². The van der Waals surface area contributed by atoms with E-state index < -0.39 is 0 Å². The number of benzene rings is 2. The lowest BCUT2D eigenvalue weighted by molar-refractivity contribution is 0.102. The Morgan fingerprint density at radius 2 is 1.52 bits per heavy atom. The Labute approximate surface area is 191 Å². The van der Waals surface area contributed by atoms with E-state index in [2.05, 4.69) is 20.4 Å². The Bertz CT molecular complexity index is 1480. The molecule has 0 fully saturated rings. The number of hydrogen-bond donors (Lipinski definition) is 1. The van der Waals surface area contributed by atoms with Crippen LogP contribution in [0, 0.1) is 13.8 Å². The van der Waals surface area contributed by atoms with Crippen LogP contribution in [0.3, 0.4) is 0 Å². The minimum absolute atomic E-state index is 0.271. The van der Waals surface area contributed by atoms with Crippen molar-refractivity contribution in [2.24, 2.45) is 7.05 Å². The lowest BCUT2D eigenvalue weighted by Crippen LogP contribution is -2.15. The molecular formula is C26H22N6O. The van der Waals surface area contributed by atoms with Gasteiger partial charge in [0.2, 0.25) is 0 Å². The zero-order valence-corrected chi connectivity index (χ0v) is 18.6. The van der Waals surface area contributed by atoms with Gasteiger partial charge < -0.3 is 5.32 Å². The molecule has 0 saturated carbocycles. The summed E-state index contributed by atoms with van der Waals surface area (Å²) in [4.78, 5) is 27.4. The van der Waals surface area contributed by atoms with E-state index >= 15 is 0 Å². The summed E-state index contributed by atoms with van der Waals surface area (Å²) in [5, 5.41) is 8.18. The molecule has 1 amide bonds. The molecule has 5 aromatic rings. The molecule has 0 bridgehead atoms. The van der Waals surface area contributed by atoms with Crippen molar-refractivity contribution in [3.8, 4) is 22.6 Å². The second kappa shape index (κ2) is 8.27. The maximum atomic E-state index is 13.5. The normalized spacial score (nSPS) is 11.0. The molecule has 0 unspecified atom stereocenters. The molecule has 7 heteroatoms. The first kappa shape index (κ1) is 20.5. The molecule has 3 aromatic heterocycles. The van der Waals surface area contributed by atoms with E-state index in [1.807, 2.05) is 87.6 Å². The van der Waals surface area contributed by atoms with E-state index in [0.717, 1.165) is 27.9 Å². The maximum absolute atomic E-state index is 13.5. The molecule has 0 aliphatic rings. The third-order valence-electron chi connectivity index (χ3n) is 5.41. The predicted octanol–water partition coefficient (Wildman–Crippen LogP) is 4.96. The first-order chi connectivity index (χ1) is 16.0. The Balaban J connectivity index is 1.59. The van der Waals surface area contributed by atoms with Gasteiger partial charge in [0, 0.05) is 29.9 Å². The van der Waals surface area contributed by atoms with Gasteiger partial charge in [-0.3, -0.25) is 9.48 Å². The predicted molar refractivity (Wildman–Crippen MR) is 129 cm³/mol. The van der Waals surface area contributed by atoms with Crippen molar-refractivity contribution in [3.05, 3.63) is 89.7 Å². The van der Waals surface area contributed by atoms with Crippen LogP contribution in [-0.2, 0) is 7.05 Å². The third-order valence-corrected chi connectivity index (χ3v) is 5.41. The van der Waals surface area contributed by atoms with E-state index in [1.54, 1.807) is 10.7 Å². The third kappa shape index (κ3) is 3.96. The van der Waals surface area contributed by atoms with Crippen LogP contribution in [0.1, 0.15) is 21.7 Å². The molecule has 0 atom stereocenters. The molecular weight excluding hydrogens is 412 g/mol. The number of rotatable bonds is 4. The van der Waals surface area contributed by atoms with Crippen LogP contribution in [0.2, 0.25) is 0 Å². The van der Waals surface area contributed by atoms with Crippen LogP contribution >= 0.6 is 0 Å². The Kier molecular flexibility index (Phi) is 5.14. The van der Waals surface area contributed by atoms with Gasteiger partial charge in [0.15, 0.2) is 11.5 Å². The van der Waals surface area contributed by atoms with E-state index in [4.69, 9.17) is 4.98 Å². The summed E-state index contributed by atoms with van der Waals surface area (Å²) in [6.45, 7) is 3.76. The SMILES string of the molecule is Cc1cc(NC(=O)c2cc(-c3ccccc3)nc3c2c(C)nn3C)nc(-c2ccccc2)n1. The lowest BCUT2D eigenvalue weighted by atomic mass is 10.0. The second-order valence-electron chi connectivity index (χ2n) is 7.87. The van der Waals surface area contributed by atoms with Gasteiger partial charge in [-0.1, -0.05) is 60.7 Å². The minimum Gasteiger partial charge on any atom is -0.306 e. The molecule has 3 heterocycles. The van der Waals surface area contributed by atoms with Crippen LogP contribution in [0.5, 0.6) is 0 Å². The molecule has 0 radical (unpaired) electrons. The summed E-state index contributed by atoms with van der Waals surface area (Å²) in [5.41, 5.74) is 5.19. The van der Waals surface area contributed by atoms with Crippen molar-refractivity contribution in [2.75, 3.05) is 5.32 Å². The van der Waals surface area contributed by atoms with Gasteiger partial charge in [0.05, 0.1) is 22.3 Å². The number of nitrogens with one attached hydrogen (secondary N) is 1. The number of nitrogens with zero attached hydrogens (tertiary/aromatic N) is 5. The van der Waals surface area contributed by atoms with Gasteiger partial charge in [0.25, 0.3) is 5.91 Å². The van der Waals surface area contributed by atoms with Crippen LogP contribution in [0.4, 0.5) is 5.82 Å². The fraction of sp³-hybridized carbons (Fsp3) is 0.115. The zero-order valence-electron chi connectivity index (χ0n) is 18.6. The fourth-order valence-corrected chi connectivity index (χ4v) is 3.91. The summed E-state index contributed by atoms with van der Waals surface area (Å²) in [7, 11) is 1.83. The minimum atomic E-state index is -0.271. The van der Waals surface area contributed by atoms with Gasteiger partial charge in [-0.25, -0.2) is 15.0 Å². The van der Waals surface area contributed by atoms with Crippen molar-refractivity contribution in [3.63, 3.8) is 0 Å². The first-order valence-electron chi connectivity index (χ1n) is 10.6. The molecule has 2 aromatic carbocycles. The molecule has 33 heavy (non-hydrogen) atoms. The van der Waals surface area contributed by atoms with Crippen molar-refractivity contribution < 1.29 is 4.79 Å². The Hall–Kier alpha value is -4.39. The van der Waals surface area contributed by atoms with E-state index in [-0.39, 0.29) is 5.91 Å². The van der Waals surface area contributed by atoms with Crippen LogP contribution in [0.15, 0.2) is 72.8 Å². The zero-order chi connectivity index (χ0) is 22.9. The number of aromatic nitrogens is 5. The highest BCUT2D eigenvalue weighted by Crippen LogP contribution is 2.27. The van der Waals surface area contributed by atoms with Crippen molar-refractivity contribution >= 4 is 22.8 Å². The second-order valence-corrected chi connectivity index (χ2v) is 7.87. The van der Waals surface area contributed by atoms with Crippen molar-refractivity contribution in [2.45, 2.75) is 13.8 Å². The highest BCUT2D eigenvalue weighted by atomic mass is 16.1. The standard InChI is InChI=1S/C26H22N6O/c1-16-14-22(29-24(27-16)19-12-8-5-9-13-19)30-26(33)20-15-21(18-10-6-4-7-11-18)28-25-23(20)17(2)31-32(25)3/h4-15H,1-3H3,(H,27,29,30,33). The van der Waals surface area contributed by atoms with Gasteiger partial charge in [0.1, 0.15) is 5.82 Å². The average Bonchev–Trinajstić information content (AvgIpc) is 3.12. The number of carbonyl (C=O) groups is 1. The smallest absolute Gasteiger partial charge is 0.257 e. The number of aryl methyl sites for hydroxylation is 3. The lowest BCUT2D eigenvalue weighted by Gasteiger charge is -2.10. The van der Waals surface area contributed by atoms with Gasteiger partial charge in [-0.05, 0) is 19.9 Å². The van der Waals surface area contributed by atoms with Crippen molar-refractivity contribution in [1.82, 2.24) is 24.7 Å². The van der Waals surface area contributed by atoms with Gasteiger partial charge in [-0.2, -0.15) is 5.10 Å². The summed E-state index contributed by atoms with van der Waals surface area (Å²) in [5.74, 6) is 0.736.